The SMILES string of the molecule is CC[C@H]1OC(=O)[C@@](C)(F)C(=O)[C@H](C)CC(C)(C)OC/C(=C/C=C/c2ccccc2)CC[C@H]([C@@H](C)C(=NC(C)=O)C(C)C)[C@]1(C)O. The van der Waals surface area contributed by atoms with Gasteiger partial charge >= 0.3 is 5.97 Å². The van der Waals surface area contributed by atoms with Crippen molar-refractivity contribution in [2.75, 3.05) is 6.61 Å². The Morgan fingerprint density at radius 2 is 1.76 bits per heavy atom. The molecule has 0 aliphatic carbocycles. The first-order chi connectivity index (χ1) is 20.8. The van der Waals surface area contributed by atoms with E-state index in [0.29, 0.717) is 18.6 Å². The summed E-state index contributed by atoms with van der Waals surface area (Å²) in [5, 5.41) is 12.2. The fourth-order valence-electron chi connectivity index (χ4n) is 6.43. The smallest absolute Gasteiger partial charge is 0.351 e. The number of alkyl halides is 1. The molecular weight excluding hydrogens is 573 g/mol. The number of amides is 1. The van der Waals surface area contributed by atoms with Gasteiger partial charge in [0.1, 0.15) is 11.7 Å². The van der Waals surface area contributed by atoms with E-state index in [1.165, 1.54) is 6.92 Å². The number of ether oxygens (including phenoxy) is 2. The second-order valence-electron chi connectivity index (χ2n) is 13.8. The lowest BCUT2D eigenvalue weighted by Gasteiger charge is -2.43. The van der Waals surface area contributed by atoms with Gasteiger partial charge in [0.25, 0.3) is 5.67 Å². The number of esters is 1. The molecule has 1 saturated heterocycles. The number of Topliss-reactive ketones (excluding diaryl/α,β-unsaturated/α-hetero) is 1. The van der Waals surface area contributed by atoms with E-state index in [-0.39, 0.29) is 31.3 Å². The van der Waals surface area contributed by atoms with Gasteiger partial charge in [-0.25, -0.2) is 14.2 Å². The van der Waals surface area contributed by atoms with Crippen molar-refractivity contribution in [3.05, 3.63) is 53.6 Å². The molecule has 0 aromatic heterocycles. The van der Waals surface area contributed by atoms with Gasteiger partial charge in [0, 0.05) is 24.5 Å². The number of ketones is 1. The van der Waals surface area contributed by atoms with E-state index in [2.05, 4.69) is 4.99 Å². The van der Waals surface area contributed by atoms with Crippen LogP contribution in [0, 0.1) is 23.7 Å². The van der Waals surface area contributed by atoms with Crippen LogP contribution in [0.15, 0.2) is 53.0 Å². The molecule has 8 heteroatoms. The molecule has 1 aromatic carbocycles. The van der Waals surface area contributed by atoms with Crippen LogP contribution in [0.5, 0.6) is 0 Å². The molecule has 2 rings (SSSR count). The summed E-state index contributed by atoms with van der Waals surface area (Å²) in [4.78, 5) is 43.0. The van der Waals surface area contributed by atoms with E-state index >= 15 is 4.39 Å². The topological polar surface area (TPSA) is 102 Å². The number of allylic oxidation sites excluding steroid dienone is 2. The van der Waals surface area contributed by atoms with E-state index in [1.54, 1.807) is 20.8 Å². The van der Waals surface area contributed by atoms with Gasteiger partial charge in [0.05, 0.1) is 12.2 Å². The Kier molecular flexibility index (Phi) is 13.6. The molecule has 45 heavy (non-hydrogen) atoms. The van der Waals surface area contributed by atoms with Crippen LogP contribution in [0.4, 0.5) is 4.39 Å². The molecule has 1 heterocycles. The zero-order chi connectivity index (χ0) is 34.2. The zero-order valence-electron chi connectivity index (χ0n) is 28.9. The summed E-state index contributed by atoms with van der Waals surface area (Å²) in [6, 6.07) is 9.90. The van der Waals surface area contributed by atoms with Gasteiger partial charge in [0.15, 0.2) is 5.78 Å². The number of halogens is 1. The van der Waals surface area contributed by atoms with Gasteiger partial charge in [-0.05, 0) is 76.4 Å². The summed E-state index contributed by atoms with van der Waals surface area (Å²) < 4.78 is 27.9. The summed E-state index contributed by atoms with van der Waals surface area (Å²) >= 11 is 0. The molecule has 250 valence electrons. The van der Waals surface area contributed by atoms with Gasteiger partial charge in [0.2, 0.25) is 5.91 Å². The van der Waals surface area contributed by atoms with Crippen molar-refractivity contribution < 1.29 is 33.4 Å². The number of carbonyl (C=O) groups excluding carboxylic acids is 3. The molecule has 1 fully saturated rings. The predicted molar refractivity (Wildman–Crippen MR) is 178 cm³/mol. The van der Waals surface area contributed by atoms with E-state index < -0.39 is 52.5 Å². The third-order valence-electron chi connectivity index (χ3n) is 8.91. The van der Waals surface area contributed by atoms with E-state index in [0.717, 1.165) is 18.1 Å². The molecule has 0 saturated carbocycles. The minimum absolute atomic E-state index is 0.0971. The Balaban J connectivity index is 2.69. The average molecular weight is 628 g/mol. The van der Waals surface area contributed by atoms with Crippen molar-refractivity contribution in [1.82, 2.24) is 0 Å². The minimum atomic E-state index is -2.91. The number of benzene rings is 1. The second-order valence-corrected chi connectivity index (χ2v) is 13.8. The number of aliphatic imine (C=N–C) groups is 1. The first-order valence-electron chi connectivity index (χ1n) is 16.1. The number of cyclic esters (lactones) is 1. The molecule has 0 unspecified atom stereocenters. The molecular formula is C37H54FNO6. The Morgan fingerprint density at radius 1 is 1.13 bits per heavy atom. The monoisotopic (exact) mass is 627 g/mol. The Morgan fingerprint density at radius 3 is 2.31 bits per heavy atom. The predicted octanol–water partition coefficient (Wildman–Crippen LogP) is 7.51. The first-order valence-corrected chi connectivity index (χ1v) is 16.1. The van der Waals surface area contributed by atoms with Gasteiger partial charge in [-0.1, -0.05) is 83.2 Å². The maximum atomic E-state index is 15.9. The van der Waals surface area contributed by atoms with Crippen molar-refractivity contribution in [2.45, 2.75) is 118 Å². The summed E-state index contributed by atoms with van der Waals surface area (Å²) in [5.41, 5.74) is -2.76. The van der Waals surface area contributed by atoms with Crippen LogP contribution in [0.3, 0.4) is 0 Å². The van der Waals surface area contributed by atoms with Crippen LogP contribution < -0.4 is 0 Å². The van der Waals surface area contributed by atoms with Gasteiger partial charge in [-0.2, -0.15) is 0 Å². The fourth-order valence-corrected chi connectivity index (χ4v) is 6.43. The van der Waals surface area contributed by atoms with Crippen LogP contribution >= 0.6 is 0 Å². The molecule has 0 spiro atoms. The summed E-state index contributed by atoms with van der Waals surface area (Å²) in [6.07, 6.45) is 6.16. The lowest BCUT2D eigenvalue weighted by atomic mass is 9.70. The van der Waals surface area contributed by atoms with Crippen molar-refractivity contribution in [2.24, 2.45) is 28.7 Å². The zero-order valence-corrected chi connectivity index (χ0v) is 28.9. The maximum Gasteiger partial charge on any atom is 0.351 e. The lowest BCUT2D eigenvalue weighted by Crippen LogP contribution is -2.54. The van der Waals surface area contributed by atoms with E-state index in [1.807, 2.05) is 83.2 Å². The Hall–Kier alpha value is -2.97. The Labute approximate surface area is 269 Å². The summed E-state index contributed by atoms with van der Waals surface area (Å²) in [6.45, 7) is 16.9. The standard InChI is InChI=1S/C37H54FNO6/c1-11-31-37(10,43)30(26(5)32(24(2)3)39-27(6)40)21-20-29(19-15-18-28-16-13-12-14-17-28)23-44-35(7,8)22-25(4)33(41)36(9,38)34(42)45-31/h12-19,24-26,30-31,43H,11,20-23H2,1-10H3/b18-15+,29-19+,39-32?/t25-,26-,30-,31-,36+,37+/m1/s1. The fraction of sp³-hybridized carbons (Fsp3) is 0.622. The first kappa shape index (κ1) is 38.2. The largest absolute Gasteiger partial charge is 0.457 e. The number of rotatable bonds is 6. The van der Waals surface area contributed by atoms with Crippen LogP contribution in [-0.4, -0.2) is 58.1 Å². The summed E-state index contributed by atoms with van der Waals surface area (Å²) in [5.74, 6) is -4.44. The van der Waals surface area contributed by atoms with E-state index in [9.17, 15) is 19.5 Å². The minimum Gasteiger partial charge on any atom is -0.457 e. The molecule has 1 aliphatic rings. The number of hydrogen-bond donors (Lipinski definition) is 1. The maximum absolute atomic E-state index is 15.9. The van der Waals surface area contributed by atoms with Crippen LogP contribution in [-0.2, 0) is 23.9 Å². The van der Waals surface area contributed by atoms with Crippen molar-refractivity contribution in [1.29, 1.82) is 0 Å². The highest BCUT2D eigenvalue weighted by Crippen LogP contribution is 2.39. The number of carbonyl (C=O) groups is 3. The Bertz CT molecular complexity index is 1260. The molecule has 1 aromatic rings. The van der Waals surface area contributed by atoms with Crippen molar-refractivity contribution in [3.63, 3.8) is 0 Å². The molecule has 1 aliphatic heterocycles. The van der Waals surface area contributed by atoms with E-state index in [4.69, 9.17) is 9.47 Å². The molecule has 7 nitrogen and oxygen atoms in total. The summed E-state index contributed by atoms with van der Waals surface area (Å²) in [7, 11) is 0. The highest BCUT2D eigenvalue weighted by molar-refractivity contribution is 6.07. The normalized spacial score (nSPS) is 31.0. The van der Waals surface area contributed by atoms with Crippen LogP contribution in [0.2, 0.25) is 0 Å². The van der Waals surface area contributed by atoms with Crippen molar-refractivity contribution >= 4 is 29.4 Å². The third kappa shape index (κ3) is 10.5. The van der Waals surface area contributed by atoms with Crippen LogP contribution in [0.1, 0.15) is 100 Å². The average Bonchev–Trinajstić information content (AvgIpc) is 2.95. The van der Waals surface area contributed by atoms with Crippen molar-refractivity contribution in [3.8, 4) is 0 Å². The van der Waals surface area contributed by atoms with Gasteiger partial charge < -0.3 is 14.6 Å². The lowest BCUT2D eigenvalue weighted by molar-refractivity contribution is -0.186. The highest BCUT2D eigenvalue weighted by atomic mass is 19.1. The molecule has 0 bridgehead atoms. The molecule has 1 N–H and O–H groups in total. The third-order valence-corrected chi connectivity index (χ3v) is 8.91. The second kappa shape index (κ2) is 16.0. The van der Waals surface area contributed by atoms with Gasteiger partial charge in [-0.3, -0.25) is 9.59 Å². The van der Waals surface area contributed by atoms with Crippen LogP contribution in [0.25, 0.3) is 6.08 Å². The quantitative estimate of drug-likeness (QED) is 0.199. The number of nitrogens with zero attached hydrogens (tertiary/aromatic N) is 1. The highest BCUT2D eigenvalue weighted by Gasteiger charge is 2.50. The number of hydrogen-bond acceptors (Lipinski definition) is 6. The van der Waals surface area contributed by atoms with Gasteiger partial charge in [-0.15, -0.1) is 0 Å². The molecule has 1 amide bonds. The number of aliphatic hydroxyl groups is 1. The molecule has 6 atom stereocenters. The molecule has 0 radical (unpaired) electrons.